The van der Waals surface area contributed by atoms with Gasteiger partial charge in [-0.3, -0.25) is 4.68 Å². The number of nitrogens with zero attached hydrogens (tertiary/aromatic N) is 5. The quantitative estimate of drug-likeness (QED) is 0.529. The van der Waals surface area contributed by atoms with Crippen LogP contribution in [0.4, 0.5) is 0 Å². The van der Waals surface area contributed by atoms with Crippen molar-refractivity contribution in [3.63, 3.8) is 0 Å². The van der Waals surface area contributed by atoms with Crippen molar-refractivity contribution in [1.82, 2.24) is 29.1 Å². The second-order valence-corrected chi connectivity index (χ2v) is 6.60. The zero-order valence-corrected chi connectivity index (χ0v) is 14.9. The van der Waals surface area contributed by atoms with Crippen LogP contribution in [0.2, 0.25) is 0 Å². The van der Waals surface area contributed by atoms with E-state index in [-0.39, 0.29) is 0 Å². The largest absolute Gasteiger partial charge is 0.346 e. The fourth-order valence-electron chi connectivity index (χ4n) is 3.65. The molecule has 5 aromatic rings. The van der Waals surface area contributed by atoms with Crippen molar-refractivity contribution in [3.05, 3.63) is 60.6 Å². The van der Waals surface area contributed by atoms with Gasteiger partial charge in [0.2, 0.25) is 0 Å². The van der Waals surface area contributed by atoms with Gasteiger partial charge in [-0.2, -0.15) is 5.10 Å². The third-order valence-corrected chi connectivity index (χ3v) is 5.03. The van der Waals surface area contributed by atoms with Gasteiger partial charge in [-0.15, -0.1) is 0 Å². The molecule has 0 saturated carbocycles. The van der Waals surface area contributed by atoms with Gasteiger partial charge in [-0.1, -0.05) is 0 Å². The number of pyridine rings is 2. The van der Waals surface area contributed by atoms with Crippen LogP contribution in [0.1, 0.15) is 11.4 Å². The van der Waals surface area contributed by atoms with Gasteiger partial charge in [-0.05, 0) is 32.0 Å². The van der Waals surface area contributed by atoms with Gasteiger partial charge in [0.1, 0.15) is 11.3 Å². The minimum absolute atomic E-state index is 0.883. The number of aromatic nitrogens is 6. The van der Waals surface area contributed by atoms with E-state index in [0.717, 1.165) is 50.3 Å². The Morgan fingerprint density at radius 2 is 1.96 bits per heavy atom. The van der Waals surface area contributed by atoms with E-state index >= 15 is 0 Å². The Hall–Kier alpha value is -3.41. The molecule has 0 bridgehead atoms. The van der Waals surface area contributed by atoms with E-state index in [2.05, 4.69) is 45.3 Å². The number of rotatable bonds is 2. The van der Waals surface area contributed by atoms with E-state index in [4.69, 9.17) is 0 Å². The zero-order chi connectivity index (χ0) is 17.8. The number of H-pyrrole nitrogens is 1. The van der Waals surface area contributed by atoms with Gasteiger partial charge in [-0.25, -0.2) is 9.97 Å². The number of fused-ring (bicyclic) bond motifs is 2. The van der Waals surface area contributed by atoms with Gasteiger partial charge < -0.3 is 9.38 Å². The zero-order valence-electron chi connectivity index (χ0n) is 14.9. The summed E-state index contributed by atoms with van der Waals surface area (Å²) in [6.07, 6.45) is 9.79. The van der Waals surface area contributed by atoms with Gasteiger partial charge >= 0.3 is 0 Å². The highest BCUT2D eigenvalue weighted by molar-refractivity contribution is 5.96. The molecule has 0 aromatic carbocycles. The molecule has 6 nitrogen and oxygen atoms in total. The Labute approximate surface area is 150 Å². The standard InChI is InChI=1S/C20H18N6/c1-12-19(13(2)25(3)24-12)15-8-16-17(10-23-20(16)22-9-15)14-4-5-18-21-6-7-26(18)11-14/h4-11H,1-3H3,(H,22,23). The number of nitrogens with one attached hydrogen (secondary N) is 1. The maximum absolute atomic E-state index is 4.64. The number of aryl methyl sites for hydroxylation is 2. The molecule has 26 heavy (non-hydrogen) atoms. The van der Waals surface area contributed by atoms with Crippen molar-refractivity contribution in [3.8, 4) is 22.3 Å². The summed E-state index contributed by atoms with van der Waals surface area (Å²) in [5, 5.41) is 5.64. The van der Waals surface area contributed by atoms with Crippen molar-refractivity contribution in [2.75, 3.05) is 0 Å². The molecule has 0 aliphatic heterocycles. The molecular weight excluding hydrogens is 324 g/mol. The maximum Gasteiger partial charge on any atom is 0.137 e. The van der Waals surface area contributed by atoms with E-state index < -0.39 is 0 Å². The first-order chi connectivity index (χ1) is 12.6. The number of aromatic amines is 1. The predicted octanol–water partition coefficient (Wildman–Crippen LogP) is 3.89. The van der Waals surface area contributed by atoms with Crippen LogP contribution in [0.25, 0.3) is 38.9 Å². The molecule has 0 unspecified atom stereocenters. The first-order valence-corrected chi connectivity index (χ1v) is 8.52. The second-order valence-electron chi connectivity index (χ2n) is 6.60. The Morgan fingerprint density at radius 3 is 2.77 bits per heavy atom. The number of hydrogen-bond donors (Lipinski definition) is 1. The summed E-state index contributed by atoms with van der Waals surface area (Å²) in [6.45, 7) is 4.13. The summed E-state index contributed by atoms with van der Waals surface area (Å²) < 4.78 is 3.95. The average molecular weight is 342 g/mol. The Bertz CT molecular complexity index is 1270. The highest BCUT2D eigenvalue weighted by atomic mass is 15.3. The minimum Gasteiger partial charge on any atom is -0.346 e. The Kier molecular flexibility index (Phi) is 3.03. The minimum atomic E-state index is 0.883. The normalized spacial score (nSPS) is 11.7. The molecule has 5 aromatic heterocycles. The van der Waals surface area contributed by atoms with E-state index in [9.17, 15) is 0 Å². The molecule has 0 radical (unpaired) electrons. The van der Waals surface area contributed by atoms with Crippen LogP contribution < -0.4 is 0 Å². The first-order valence-electron chi connectivity index (χ1n) is 8.52. The molecule has 0 saturated heterocycles. The van der Waals surface area contributed by atoms with Crippen LogP contribution in [0.3, 0.4) is 0 Å². The van der Waals surface area contributed by atoms with Gasteiger partial charge in [0.15, 0.2) is 0 Å². The lowest BCUT2D eigenvalue weighted by molar-refractivity contribution is 0.731. The Balaban J connectivity index is 1.72. The van der Waals surface area contributed by atoms with Crippen LogP contribution in [-0.2, 0) is 7.05 Å². The van der Waals surface area contributed by atoms with Crippen LogP contribution in [-0.4, -0.2) is 29.1 Å². The highest BCUT2D eigenvalue weighted by Gasteiger charge is 2.15. The topological polar surface area (TPSA) is 63.8 Å². The van der Waals surface area contributed by atoms with Crippen molar-refractivity contribution in [2.24, 2.45) is 7.05 Å². The molecule has 0 aliphatic rings. The number of imidazole rings is 1. The van der Waals surface area contributed by atoms with Gasteiger partial charge in [0, 0.05) is 71.4 Å². The average Bonchev–Trinajstić information content (AvgIpc) is 3.32. The van der Waals surface area contributed by atoms with Crippen molar-refractivity contribution < 1.29 is 0 Å². The summed E-state index contributed by atoms with van der Waals surface area (Å²) >= 11 is 0. The molecule has 128 valence electrons. The molecule has 0 amide bonds. The van der Waals surface area contributed by atoms with E-state index in [1.807, 2.05) is 53.9 Å². The highest BCUT2D eigenvalue weighted by Crippen LogP contribution is 2.33. The molecule has 5 rings (SSSR count). The maximum atomic E-state index is 4.64. The van der Waals surface area contributed by atoms with Crippen LogP contribution >= 0.6 is 0 Å². The van der Waals surface area contributed by atoms with Gasteiger partial charge in [0.25, 0.3) is 0 Å². The van der Waals surface area contributed by atoms with Crippen molar-refractivity contribution in [2.45, 2.75) is 13.8 Å². The van der Waals surface area contributed by atoms with Crippen molar-refractivity contribution in [1.29, 1.82) is 0 Å². The van der Waals surface area contributed by atoms with Crippen LogP contribution in [0.5, 0.6) is 0 Å². The fraction of sp³-hybridized carbons (Fsp3) is 0.150. The molecule has 5 heterocycles. The molecule has 6 heteroatoms. The Morgan fingerprint density at radius 1 is 1.08 bits per heavy atom. The van der Waals surface area contributed by atoms with Crippen molar-refractivity contribution >= 4 is 16.7 Å². The van der Waals surface area contributed by atoms with Crippen LogP contribution in [0, 0.1) is 13.8 Å². The fourth-order valence-corrected chi connectivity index (χ4v) is 3.65. The summed E-state index contributed by atoms with van der Waals surface area (Å²) in [5.41, 5.74) is 8.47. The van der Waals surface area contributed by atoms with E-state index in [1.54, 1.807) is 0 Å². The summed E-state index contributed by atoms with van der Waals surface area (Å²) in [6, 6.07) is 6.32. The lowest BCUT2D eigenvalue weighted by atomic mass is 10.0. The first kappa shape index (κ1) is 14.9. The van der Waals surface area contributed by atoms with E-state index in [1.165, 1.54) is 0 Å². The summed E-state index contributed by atoms with van der Waals surface area (Å²) in [7, 11) is 1.97. The summed E-state index contributed by atoms with van der Waals surface area (Å²) in [4.78, 5) is 12.2. The lowest BCUT2D eigenvalue weighted by Gasteiger charge is -2.05. The van der Waals surface area contributed by atoms with E-state index in [0.29, 0.717) is 0 Å². The molecular formula is C20H18N6. The summed E-state index contributed by atoms with van der Waals surface area (Å²) in [5.74, 6) is 0. The van der Waals surface area contributed by atoms with Crippen LogP contribution in [0.15, 0.2) is 49.2 Å². The lowest BCUT2D eigenvalue weighted by Crippen LogP contribution is -1.92. The SMILES string of the molecule is Cc1nn(C)c(C)c1-c1cnc2[nH]cc(-c3ccc4nccn4c3)c2c1. The molecule has 0 fully saturated rings. The predicted molar refractivity (Wildman–Crippen MR) is 102 cm³/mol. The third kappa shape index (κ3) is 2.08. The smallest absolute Gasteiger partial charge is 0.137 e. The molecule has 0 aliphatic carbocycles. The number of hydrogen-bond acceptors (Lipinski definition) is 3. The molecule has 0 spiro atoms. The van der Waals surface area contributed by atoms with Gasteiger partial charge in [0.05, 0.1) is 5.69 Å². The monoisotopic (exact) mass is 342 g/mol. The molecule has 1 N–H and O–H groups in total. The third-order valence-electron chi connectivity index (χ3n) is 5.03. The second kappa shape index (κ2) is 5.29. The molecule has 0 atom stereocenters.